The summed E-state index contributed by atoms with van der Waals surface area (Å²) in [5.74, 6) is -0.384. The third kappa shape index (κ3) is 3.89. The van der Waals surface area contributed by atoms with Crippen molar-refractivity contribution in [3.63, 3.8) is 0 Å². The van der Waals surface area contributed by atoms with Crippen LogP contribution in [0.25, 0.3) is 0 Å². The number of ether oxygens (including phenoxy) is 1. The van der Waals surface area contributed by atoms with Crippen LogP contribution in [-0.2, 0) is 0 Å². The molecule has 1 N–H and O–H groups in total. The predicted molar refractivity (Wildman–Crippen MR) is 75.4 cm³/mol. The Hall–Kier alpha value is -1.72. The van der Waals surface area contributed by atoms with Crippen molar-refractivity contribution in [2.75, 3.05) is 7.05 Å². The molecule has 0 saturated carbocycles. The predicted octanol–water partition coefficient (Wildman–Crippen LogP) is 4.39. The third-order valence-corrected chi connectivity index (χ3v) is 3.32. The second-order valence-corrected chi connectivity index (χ2v) is 4.75. The first-order chi connectivity index (χ1) is 10.0. The summed E-state index contributed by atoms with van der Waals surface area (Å²) < 4.78 is 42.3. The Balaban J connectivity index is 2.39. The molecule has 0 spiro atoms. The number of halogens is 4. The van der Waals surface area contributed by atoms with Gasteiger partial charge in [0.2, 0.25) is 0 Å². The minimum absolute atomic E-state index is 0.0373. The van der Waals surface area contributed by atoms with Crippen molar-refractivity contribution in [2.45, 2.75) is 12.7 Å². The second-order valence-electron chi connectivity index (χ2n) is 4.34. The normalized spacial score (nSPS) is 12.5. The summed E-state index contributed by atoms with van der Waals surface area (Å²) in [6.07, 6.45) is 0. The van der Waals surface area contributed by atoms with Gasteiger partial charge in [-0.15, -0.1) is 0 Å². The monoisotopic (exact) mass is 315 g/mol. The van der Waals surface area contributed by atoms with Crippen molar-refractivity contribution in [3.05, 3.63) is 64.4 Å². The maximum Gasteiger partial charge on any atom is 0.387 e. The molecule has 2 nitrogen and oxygen atoms in total. The molecule has 0 aliphatic carbocycles. The highest BCUT2D eigenvalue weighted by Gasteiger charge is 2.17. The largest absolute Gasteiger partial charge is 0.435 e. The van der Waals surface area contributed by atoms with Gasteiger partial charge in [-0.25, -0.2) is 4.39 Å². The van der Waals surface area contributed by atoms with Gasteiger partial charge < -0.3 is 10.1 Å². The number of alkyl halides is 2. The lowest BCUT2D eigenvalue weighted by Gasteiger charge is -2.19. The van der Waals surface area contributed by atoms with Gasteiger partial charge in [-0.1, -0.05) is 23.7 Å². The van der Waals surface area contributed by atoms with E-state index in [4.69, 9.17) is 11.6 Å². The highest BCUT2D eigenvalue weighted by Crippen LogP contribution is 2.30. The Labute approximate surface area is 125 Å². The first kappa shape index (κ1) is 15.7. The minimum atomic E-state index is -2.90. The molecule has 0 fully saturated rings. The molecule has 21 heavy (non-hydrogen) atoms. The average Bonchev–Trinajstić information content (AvgIpc) is 2.43. The molecule has 0 aromatic heterocycles. The van der Waals surface area contributed by atoms with E-state index < -0.39 is 18.5 Å². The summed E-state index contributed by atoms with van der Waals surface area (Å²) in [5, 5.41) is 3.37. The molecule has 0 amide bonds. The highest BCUT2D eigenvalue weighted by atomic mass is 35.5. The van der Waals surface area contributed by atoms with E-state index in [2.05, 4.69) is 10.1 Å². The Morgan fingerprint density at radius 3 is 2.57 bits per heavy atom. The molecule has 0 radical (unpaired) electrons. The van der Waals surface area contributed by atoms with Crippen molar-refractivity contribution in [1.82, 2.24) is 5.32 Å². The summed E-state index contributed by atoms with van der Waals surface area (Å²) in [6, 6.07) is 9.79. The molecule has 0 bridgehead atoms. The van der Waals surface area contributed by atoms with E-state index in [0.29, 0.717) is 16.1 Å². The number of nitrogens with one attached hydrogen (secondary N) is 1. The smallest absolute Gasteiger partial charge is 0.387 e. The molecule has 2 rings (SSSR count). The van der Waals surface area contributed by atoms with Gasteiger partial charge in [-0.2, -0.15) is 8.78 Å². The van der Waals surface area contributed by atoms with Crippen LogP contribution in [0.3, 0.4) is 0 Å². The van der Waals surface area contributed by atoms with Crippen molar-refractivity contribution < 1.29 is 17.9 Å². The van der Waals surface area contributed by atoms with Gasteiger partial charge in [0.25, 0.3) is 0 Å². The fourth-order valence-electron chi connectivity index (χ4n) is 2.11. The van der Waals surface area contributed by atoms with E-state index in [1.807, 2.05) is 0 Å². The quantitative estimate of drug-likeness (QED) is 0.883. The Kier molecular flexibility index (Phi) is 5.09. The molecule has 2 aromatic carbocycles. The van der Waals surface area contributed by atoms with Crippen LogP contribution in [0.2, 0.25) is 5.02 Å². The van der Waals surface area contributed by atoms with Gasteiger partial charge in [0.05, 0.1) is 6.04 Å². The second kappa shape index (κ2) is 6.83. The van der Waals surface area contributed by atoms with E-state index in [1.165, 1.54) is 30.3 Å². The van der Waals surface area contributed by atoms with E-state index >= 15 is 0 Å². The molecule has 6 heteroatoms. The summed E-state index contributed by atoms with van der Waals surface area (Å²) in [5.41, 5.74) is 1.16. The maximum atomic E-state index is 13.4. The average molecular weight is 316 g/mol. The van der Waals surface area contributed by atoms with Crippen LogP contribution in [-0.4, -0.2) is 13.7 Å². The molecule has 1 unspecified atom stereocenters. The minimum Gasteiger partial charge on any atom is -0.435 e. The van der Waals surface area contributed by atoms with Crippen molar-refractivity contribution in [3.8, 4) is 5.75 Å². The summed E-state index contributed by atoms with van der Waals surface area (Å²) in [4.78, 5) is 0. The van der Waals surface area contributed by atoms with E-state index in [0.717, 1.165) is 0 Å². The van der Waals surface area contributed by atoms with Crippen LogP contribution in [0.5, 0.6) is 5.75 Å². The molecule has 0 aliphatic rings. The lowest BCUT2D eigenvalue weighted by molar-refractivity contribution is -0.0498. The lowest BCUT2D eigenvalue weighted by atomic mass is 9.98. The molecule has 112 valence electrons. The van der Waals surface area contributed by atoms with Crippen molar-refractivity contribution in [1.29, 1.82) is 0 Å². The Morgan fingerprint density at radius 2 is 1.90 bits per heavy atom. The van der Waals surface area contributed by atoms with Crippen LogP contribution >= 0.6 is 11.6 Å². The summed E-state index contributed by atoms with van der Waals surface area (Å²) in [7, 11) is 1.67. The highest BCUT2D eigenvalue weighted by molar-refractivity contribution is 6.31. The molecule has 1 atom stereocenters. The Morgan fingerprint density at radius 1 is 1.14 bits per heavy atom. The molecule has 0 aliphatic heterocycles. The van der Waals surface area contributed by atoms with E-state index in [-0.39, 0.29) is 5.75 Å². The van der Waals surface area contributed by atoms with Crippen LogP contribution in [0.4, 0.5) is 13.2 Å². The van der Waals surface area contributed by atoms with Crippen LogP contribution < -0.4 is 10.1 Å². The molecular formula is C15H13ClF3NO. The first-order valence-electron chi connectivity index (χ1n) is 6.18. The number of hydrogen-bond donors (Lipinski definition) is 1. The van der Waals surface area contributed by atoms with Crippen molar-refractivity contribution >= 4 is 11.6 Å². The van der Waals surface area contributed by atoms with Gasteiger partial charge in [-0.3, -0.25) is 0 Å². The van der Waals surface area contributed by atoms with Gasteiger partial charge in [0, 0.05) is 5.02 Å². The van der Waals surface area contributed by atoms with Crippen LogP contribution in [0.1, 0.15) is 17.2 Å². The molecular weight excluding hydrogens is 303 g/mol. The fraction of sp³-hybridized carbons (Fsp3) is 0.200. The maximum absolute atomic E-state index is 13.4. The summed E-state index contributed by atoms with van der Waals surface area (Å²) in [6.45, 7) is -2.90. The standard InChI is InChI=1S/C15H13ClF3NO/c1-20-14(12-8-10(17)5-6-13(12)16)9-3-2-4-11(7-9)21-15(18)19/h2-8,14-15,20H,1H3. The van der Waals surface area contributed by atoms with Crippen molar-refractivity contribution in [2.24, 2.45) is 0 Å². The van der Waals surface area contributed by atoms with Crippen LogP contribution in [0, 0.1) is 5.82 Å². The summed E-state index contributed by atoms with van der Waals surface area (Å²) >= 11 is 6.09. The van der Waals surface area contributed by atoms with Gasteiger partial charge in [-0.05, 0) is 48.5 Å². The number of hydrogen-bond acceptors (Lipinski definition) is 2. The van der Waals surface area contributed by atoms with Gasteiger partial charge in [0.1, 0.15) is 11.6 Å². The van der Waals surface area contributed by atoms with E-state index in [1.54, 1.807) is 19.2 Å². The topological polar surface area (TPSA) is 21.3 Å². The SMILES string of the molecule is CNC(c1cccc(OC(F)F)c1)c1cc(F)ccc1Cl. The zero-order valence-corrected chi connectivity index (χ0v) is 11.9. The molecule has 0 saturated heterocycles. The third-order valence-electron chi connectivity index (χ3n) is 2.97. The van der Waals surface area contributed by atoms with Crippen LogP contribution in [0.15, 0.2) is 42.5 Å². The number of rotatable bonds is 5. The van der Waals surface area contributed by atoms with Gasteiger partial charge >= 0.3 is 6.61 Å². The number of benzene rings is 2. The zero-order valence-electron chi connectivity index (χ0n) is 11.1. The molecule has 0 heterocycles. The lowest BCUT2D eigenvalue weighted by Crippen LogP contribution is -2.18. The molecule has 2 aromatic rings. The zero-order chi connectivity index (χ0) is 15.4. The Bertz CT molecular complexity index is 622. The first-order valence-corrected chi connectivity index (χ1v) is 6.56. The van der Waals surface area contributed by atoms with E-state index in [9.17, 15) is 13.2 Å². The fourth-order valence-corrected chi connectivity index (χ4v) is 2.33. The van der Waals surface area contributed by atoms with Gasteiger partial charge in [0.15, 0.2) is 0 Å².